The number of aryl methyl sites for hydroxylation is 2. The van der Waals surface area contributed by atoms with Crippen LogP contribution >= 0.6 is 0 Å². The van der Waals surface area contributed by atoms with Gasteiger partial charge in [0, 0.05) is 18.8 Å². The normalized spacial score (nSPS) is 14.0. The first kappa shape index (κ1) is 20.1. The van der Waals surface area contributed by atoms with Gasteiger partial charge in [-0.2, -0.15) is 0 Å². The number of aromatic nitrogens is 2. The topological polar surface area (TPSA) is 88.3 Å². The summed E-state index contributed by atoms with van der Waals surface area (Å²) in [6.45, 7) is 9.20. The Hall–Kier alpha value is -3.22. The summed E-state index contributed by atoms with van der Waals surface area (Å²) in [4.78, 5) is 32.7. The predicted octanol–water partition coefficient (Wildman–Crippen LogP) is 4.45. The maximum atomic E-state index is 13.4. The third-order valence-corrected chi connectivity index (χ3v) is 5.61. The fourth-order valence-electron chi connectivity index (χ4n) is 3.87. The molecular formula is C23H26N4O3. The number of benzene rings is 1. The Morgan fingerprint density at radius 2 is 1.87 bits per heavy atom. The molecule has 0 spiro atoms. The Bertz CT molecular complexity index is 1130. The Morgan fingerprint density at radius 1 is 1.13 bits per heavy atom. The SMILES string of the molecule is Cc1cccc(C(=O)N2CCCC2)c1NC(=O)c1cc(C(C)C)nc2onc(C)c12. The molecule has 0 unspecified atom stereocenters. The molecule has 0 atom stereocenters. The van der Waals surface area contributed by atoms with Crippen LogP contribution in [0.1, 0.15) is 70.3 Å². The highest BCUT2D eigenvalue weighted by Crippen LogP contribution is 2.28. The van der Waals surface area contributed by atoms with Gasteiger partial charge in [0.25, 0.3) is 17.5 Å². The highest BCUT2D eigenvalue weighted by atomic mass is 16.5. The summed E-state index contributed by atoms with van der Waals surface area (Å²) in [5.74, 6) is -0.229. The zero-order chi connectivity index (χ0) is 21.4. The number of pyridine rings is 1. The first-order valence-corrected chi connectivity index (χ1v) is 10.3. The zero-order valence-corrected chi connectivity index (χ0v) is 17.8. The van der Waals surface area contributed by atoms with E-state index in [1.165, 1.54) is 0 Å². The van der Waals surface area contributed by atoms with Crippen LogP contribution in [-0.4, -0.2) is 39.9 Å². The summed E-state index contributed by atoms with van der Waals surface area (Å²) in [5, 5.41) is 7.57. The number of hydrogen-bond acceptors (Lipinski definition) is 5. The first-order chi connectivity index (χ1) is 14.4. The molecule has 156 valence electrons. The van der Waals surface area contributed by atoms with Gasteiger partial charge in [-0.1, -0.05) is 31.1 Å². The molecular weight excluding hydrogens is 380 g/mol. The van der Waals surface area contributed by atoms with Crippen molar-refractivity contribution >= 4 is 28.6 Å². The number of likely N-dealkylation sites (tertiary alicyclic amines) is 1. The fraction of sp³-hybridized carbons (Fsp3) is 0.391. The maximum Gasteiger partial charge on any atom is 0.259 e. The average molecular weight is 406 g/mol. The lowest BCUT2D eigenvalue weighted by atomic mass is 10.0. The molecule has 1 aromatic carbocycles. The Morgan fingerprint density at radius 3 is 2.57 bits per heavy atom. The molecule has 3 aromatic rings. The molecule has 30 heavy (non-hydrogen) atoms. The lowest BCUT2D eigenvalue weighted by molar-refractivity contribution is 0.0793. The van der Waals surface area contributed by atoms with E-state index in [0.717, 1.165) is 37.2 Å². The zero-order valence-electron chi connectivity index (χ0n) is 17.8. The van der Waals surface area contributed by atoms with E-state index in [2.05, 4.69) is 15.5 Å². The lowest BCUT2D eigenvalue weighted by Crippen LogP contribution is -2.29. The van der Waals surface area contributed by atoms with Gasteiger partial charge in [-0.15, -0.1) is 0 Å². The number of amides is 2. The van der Waals surface area contributed by atoms with Crippen LogP contribution in [0.15, 0.2) is 28.8 Å². The molecule has 7 heteroatoms. The van der Waals surface area contributed by atoms with Gasteiger partial charge in [-0.25, -0.2) is 4.98 Å². The third kappa shape index (κ3) is 3.56. The molecule has 1 aliphatic heterocycles. The standard InChI is InChI=1S/C23H26N4O3/c1-13(2)18-12-17(19-15(4)26-30-22(19)24-18)21(28)25-20-14(3)8-7-9-16(20)23(29)27-10-5-6-11-27/h7-9,12-13H,5-6,10-11H2,1-4H3,(H,25,28). The van der Waals surface area contributed by atoms with Gasteiger partial charge in [-0.05, 0) is 50.3 Å². The molecule has 1 fully saturated rings. The van der Waals surface area contributed by atoms with Crippen LogP contribution in [0.5, 0.6) is 0 Å². The van der Waals surface area contributed by atoms with Gasteiger partial charge in [-0.3, -0.25) is 9.59 Å². The van der Waals surface area contributed by atoms with E-state index in [1.807, 2.05) is 37.8 Å². The molecule has 2 amide bonds. The van der Waals surface area contributed by atoms with Crippen LogP contribution in [0, 0.1) is 13.8 Å². The first-order valence-electron chi connectivity index (χ1n) is 10.3. The molecule has 2 aromatic heterocycles. The van der Waals surface area contributed by atoms with Gasteiger partial charge < -0.3 is 14.7 Å². The van der Waals surface area contributed by atoms with E-state index in [1.54, 1.807) is 19.1 Å². The van der Waals surface area contributed by atoms with Gasteiger partial charge in [0.1, 0.15) is 0 Å². The maximum absolute atomic E-state index is 13.4. The summed E-state index contributed by atoms with van der Waals surface area (Å²) >= 11 is 0. The molecule has 0 saturated carbocycles. The number of fused-ring (bicyclic) bond motifs is 1. The number of carbonyl (C=O) groups is 2. The summed E-state index contributed by atoms with van der Waals surface area (Å²) in [6, 6.07) is 7.30. The van der Waals surface area contributed by atoms with Crippen molar-refractivity contribution in [2.45, 2.75) is 46.5 Å². The molecule has 4 rings (SSSR count). The number of hydrogen-bond donors (Lipinski definition) is 1. The van der Waals surface area contributed by atoms with E-state index in [4.69, 9.17) is 4.52 Å². The van der Waals surface area contributed by atoms with Crippen molar-refractivity contribution in [1.82, 2.24) is 15.0 Å². The highest BCUT2D eigenvalue weighted by Gasteiger charge is 2.25. The molecule has 0 aliphatic carbocycles. The third-order valence-electron chi connectivity index (χ3n) is 5.61. The highest BCUT2D eigenvalue weighted by molar-refractivity contribution is 6.14. The Kier molecular flexibility index (Phi) is 5.28. The van der Waals surface area contributed by atoms with Gasteiger partial charge in [0.15, 0.2) is 0 Å². The molecule has 3 heterocycles. The van der Waals surface area contributed by atoms with Gasteiger partial charge >= 0.3 is 0 Å². The van der Waals surface area contributed by atoms with E-state index in [9.17, 15) is 9.59 Å². The van der Waals surface area contributed by atoms with Crippen molar-refractivity contribution in [3.05, 3.63) is 52.3 Å². The largest absolute Gasteiger partial charge is 0.339 e. The average Bonchev–Trinajstić information content (AvgIpc) is 3.38. The number of carbonyl (C=O) groups excluding carboxylic acids is 2. The number of nitrogens with one attached hydrogen (secondary N) is 1. The quantitative estimate of drug-likeness (QED) is 0.691. The second-order valence-corrected chi connectivity index (χ2v) is 8.15. The molecule has 1 aliphatic rings. The van der Waals surface area contributed by atoms with Crippen molar-refractivity contribution in [1.29, 1.82) is 0 Å². The van der Waals surface area contributed by atoms with Crippen molar-refractivity contribution in [3.8, 4) is 0 Å². The summed E-state index contributed by atoms with van der Waals surface area (Å²) < 4.78 is 5.33. The molecule has 0 radical (unpaired) electrons. The molecule has 0 bridgehead atoms. The number of anilines is 1. The summed E-state index contributed by atoms with van der Waals surface area (Å²) in [7, 11) is 0. The van der Waals surface area contributed by atoms with Crippen molar-refractivity contribution in [2.24, 2.45) is 0 Å². The van der Waals surface area contributed by atoms with Gasteiger partial charge in [0.05, 0.1) is 27.9 Å². The minimum atomic E-state index is -0.305. The van der Waals surface area contributed by atoms with E-state index in [-0.39, 0.29) is 17.7 Å². The van der Waals surface area contributed by atoms with Crippen molar-refractivity contribution in [2.75, 3.05) is 18.4 Å². The minimum Gasteiger partial charge on any atom is -0.339 e. The molecule has 1 N–H and O–H groups in total. The predicted molar refractivity (Wildman–Crippen MR) is 115 cm³/mol. The minimum absolute atomic E-state index is 0.0459. The summed E-state index contributed by atoms with van der Waals surface area (Å²) in [5.41, 5.74) is 4.06. The fourth-order valence-corrected chi connectivity index (χ4v) is 3.87. The van der Waals surface area contributed by atoms with E-state index >= 15 is 0 Å². The van der Waals surface area contributed by atoms with Crippen LogP contribution in [0.2, 0.25) is 0 Å². The van der Waals surface area contributed by atoms with Crippen LogP contribution < -0.4 is 5.32 Å². The Labute approximate surface area is 175 Å². The van der Waals surface area contributed by atoms with E-state index < -0.39 is 0 Å². The summed E-state index contributed by atoms with van der Waals surface area (Å²) in [6.07, 6.45) is 2.03. The lowest BCUT2D eigenvalue weighted by Gasteiger charge is -2.19. The number of para-hydroxylation sites is 1. The van der Waals surface area contributed by atoms with Crippen molar-refractivity contribution < 1.29 is 14.1 Å². The Balaban J connectivity index is 1.75. The second kappa shape index (κ2) is 7.89. The smallest absolute Gasteiger partial charge is 0.259 e. The van der Waals surface area contributed by atoms with E-state index in [0.29, 0.717) is 33.6 Å². The van der Waals surface area contributed by atoms with Crippen molar-refractivity contribution in [3.63, 3.8) is 0 Å². The molecule has 7 nitrogen and oxygen atoms in total. The number of rotatable bonds is 4. The van der Waals surface area contributed by atoms with Crippen LogP contribution in [0.3, 0.4) is 0 Å². The van der Waals surface area contributed by atoms with Crippen LogP contribution in [-0.2, 0) is 0 Å². The number of nitrogens with zero attached hydrogens (tertiary/aromatic N) is 3. The van der Waals surface area contributed by atoms with Crippen LogP contribution in [0.4, 0.5) is 5.69 Å². The second-order valence-electron chi connectivity index (χ2n) is 8.15. The van der Waals surface area contributed by atoms with Crippen LogP contribution in [0.25, 0.3) is 11.1 Å². The molecule has 1 saturated heterocycles. The monoisotopic (exact) mass is 406 g/mol. The van der Waals surface area contributed by atoms with Gasteiger partial charge in [0.2, 0.25) is 0 Å².